The molecule has 2 aromatic carbocycles. The van der Waals surface area contributed by atoms with Crippen LogP contribution >= 0.6 is 23.2 Å². The number of ether oxygens (including phenoxy) is 2. The van der Waals surface area contributed by atoms with E-state index in [1.54, 1.807) is 49.1 Å². The molecule has 0 aliphatic carbocycles. The van der Waals surface area contributed by atoms with Crippen LogP contribution in [0.2, 0.25) is 10.0 Å². The highest BCUT2D eigenvalue weighted by Crippen LogP contribution is 2.41. The molecule has 31 heavy (non-hydrogen) atoms. The summed E-state index contributed by atoms with van der Waals surface area (Å²) in [4.78, 5) is 3.92. The van der Waals surface area contributed by atoms with Gasteiger partial charge in [-0.3, -0.25) is 4.55 Å². The third-order valence-electron chi connectivity index (χ3n) is 5.09. The lowest BCUT2D eigenvalue weighted by molar-refractivity contribution is -0.186. The first-order valence-corrected chi connectivity index (χ1v) is 11.7. The lowest BCUT2D eigenvalue weighted by Crippen LogP contribution is -2.34. The monoisotopic (exact) mass is 482 g/mol. The normalized spacial score (nSPS) is 21.5. The highest BCUT2D eigenvalue weighted by molar-refractivity contribution is 7.85. The first-order valence-electron chi connectivity index (χ1n) is 9.46. The predicted molar refractivity (Wildman–Crippen MR) is 116 cm³/mol. The molecule has 0 spiro atoms. The Labute approximate surface area is 190 Å². The predicted octanol–water partition coefficient (Wildman–Crippen LogP) is 4.26. The second-order valence-electron chi connectivity index (χ2n) is 7.45. The number of aromatic nitrogens is 2. The van der Waals surface area contributed by atoms with Crippen LogP contribution in [0.3, 0.4) is 0 Å². The number of benzene rings is 2. The molecule has 0 bridgehead atoms. The Morgan fingerprint density at radius 2 is 2.06 bits per heavy atom. The summed E-state index contributed by atoms with van der Waals surface area (Å²) >= 11 is 12.5. The first-order chi connectivity index (χ1) is 14.7. The average Bonchev–Trinajstić information content (AvgIpc) is 3.31. The maximum atomic E-state index is 11.8. The summed E-state index contributed by atoms with van der Waals surface area (Å²) < 4.78 is 47.6. The van der Waals surface area contributed by atoms with E-state index in [4.69, 9.17) is 32.7 Å². The van der Waals surface area contributed by atoms with Crippen molar-refractivity contribution in [2.45, 2.75) is 36.7 Å². The number of rotatable bonds is 6. The smallest absolute Gasteiger partial charge is 0.294 e. The van der Waals surface area contributed by atoms with Crippen molar-refractivity contribution in [1.82, 2.24) is 9.55 Å². The van der Waals surface area contributed by atoms with Crippen LogP contribution in [0.1, 0.15) is 16.7 Å². The summed E-state index contributed by atoms with van der Waals surface area (Å²) in [6.45, 7) is 2.33. The fourth-order valence-corrected chi connectivity index (χ4v) is 5.02. The van der Waals surface area contributed by atoms with Crippen LogP contribution in [0.4, 0.5) is 0 Å². The number of aryl methyl sites for hydroxylation is 1. The molecule has 7 nitrogen and oxygen atoms in total. The van der Waals surface area contributed by atoms with E-state index in [0.29, 0.717) is 21.2 Å². The van der Waals surface area contributed by atoms with E-state index >= 15 is 0 Å². The van der Waals surface area contributed by atoms with E-state index in [1.165, 1.54) is 6.07 Å². The largest absolute Gasteiger partial charge is 0.342 e. The zero-order valence-corrected chi connectivity index (χ0v) is 18.9. The maximum absolute atomic E-state index is 11.8. The lowest BCUT2D eigenvalue weighted by atomic mass is 10.0. The zero-order chi connectivity index (χ0) is 22.2. The molecule has 1 aliphatic heterocycles. The summed E-state index contributed by atoms with van der Waals surface area (Å²) in [7, 11) is -4.37. The summed E-state index contributed by atoms with van der Waals surface area (Å²) in [6.07, 6.45) is 4.82. The molecule has 0 amide bonds. The molecule has 3 aromatic rings. The quantitative estimate of drug-likeness (QED) is 0.527. The molecule has 1 aliphatic rings. The Hall–Kier alpha value is -1.94. The third-order valence-corrected chi connectivity index (χ3v) is 6.59. The second kappa shape index (κ2) is 8.54. The van der Waals surface area contributed by atoms with Crippen molar-refractivity contribution in [2.75, 3.05) is 6.61 Å². The molecule has 1 saturated heterocycles. The van der Waals surface area contributed by atoms with Crippen molar-refractivity contribution in [3.05, 3.63) is 81.9 Å². The Bertz CT molecular complexity index is 1200. The van der Waals surface area contributed by atoms with E-state index in [1.807, 2.05) is 11.5 Å². The van der Waals surface area contributed by atoms with Gasteiger partial charge in [-0.25, -0.2) is 4.98 Å². The molecule has 2 heterocycles. The number of nitrogens with zero attached hydrogens (tertiary/aromatic N) is 2. The standard InChI is InChI=1S/C21H20Cl2N2O5S/c1-14-2-5-20(31(26,27)28)15(8-14)9-17-11-29-21(30-17,12-25-7-6-24-13-25)18-4-3-16(22)10-19(18)23/h2-8,10,13,17H,9,11-12H2,1H3,(H,26,27,28)/t17-,21-/m1/s1. The number of hydrogen-bond acceptors (Lipinski definition) is 5. The van der Waals surface area contributed by atoms with Crippen LogP contribution in [0.25, 0.3) is 0 Å². The van der Waals surface area contributed by atoms with Crippen molar-refractivity contribution in [2.24, 2.45) is 0 Å². The highest BCUT2D eigenvalue weighted by atomic mass is 35.5. The van der Waals surface area contributed by atoms with Gasteiger partial charge < -0.3 is 14.0 Å². The van der Waals surface area contributed by atoms with E-state index in [0.717, 1.165) is 5.56 Å². The van der Waals surface area contributed by atoms with Gasteiger partial charge in [-0.15, -0.1) is 0 Å². The number of halogens is 2. The molecule has 10 heteroatoms. The van der Waals surface area contributed by atoms with E-state index in [9.17, 15) is 13.0 Å². The molecule has 2 atom stereocenters. The Kier molecular flexibility index (Phi) is 6.13. The minimum atomic E-state index is -4.37. The van der Waals surface area contributed by atoms with Crippen LogP contribution in [0.15, 0.2) is 60.0 Å². The molecule has 1 N–H and O–H groups in total. The van der Waals surface area contributed by atoms with Gasteiger partial charge in [0.1, 0.15) is 0 Å². The van der Waals surface area contributed by atoms with Crippen molar-refractivity contribution in [1.29, 1.82) is 0 Å². The molecule has 1 aromatic heterocycles. The van der Waals surface area contributed by atoms with Gasteiger partial charge in [0.05, 0.1) is 35.5 Å². The highest BCUT2D eigenvalue weighted by Gasteiger charge is 2.45. The fraction of sp³-hybridized carbons (Fsp3) is 0.286. The van der Waals surface area contributed by atoms with Crippen molar-refractivity contribution < 1.29 is 22.4 Å². The van der Waals surface area contributed by atoms with Crippen LogP contribution in [-0.4, -0.2) is 35.2 Å². The number of hydrogen-bond donors (Lipinski definition) is 1. The van der Waals surface area contributed by atoms with E-state index in [2.05, 4.69) is 4.98 Å². The Balaban J connectivity index is 1.68. The van der Waals surface area contributed by atoms with Gasteiger partial charge in [0, 0.05) is 29.4 Å². The molecule has 0 radical (unpaired) electrons. The third kappa shape index (κ3) is 4.79. The van der Waals surface area contributed by atoms with Crippen LogP contribution in [-0.2, 0) is 38.3 Å². The zero-order valence-electron chi connectivity index (χ0n) is 16.5. The van der Waals surface area contributed by atoms with Crippen molar-refractivity contribution >= 4 is 33.3 Å². The summed E-state index contributed by atoms with van der Waals surface area (Å²) in [6, 6.07) is 9.82. The first kappa shape index (κ1) is 22.3. The van der Waals surface area contributed by atoms with Gasteiger partial charge >= 0.3 is 0 Å². The van der Waals surface area contributed by atoms with Gasteiger partial charge in [-0.1, -0.05) is 47.0 Å². The molecule has 0 saturated carbocycles. The minimum Gasteiger partial charge on any atom is -0.342 e. The number of imidazole rings is 1. The topological polar surface area (TPSA) is 90.7 Å². The SMILES string of the molecule is Cc1ccc(S(=O)(=O)O)c(C[C@@H]2CO[C@@](Cn3ccnc3)(c3ccc(Cl)cc3Cl)O2)c1. The Morgan fingerprint density at radius 3 is 2.74 bits per heavy atom. The van der Waals surface area contributed by atoms with E-state index in [-0.39, 0.29) is 24.5 Å². The molecular formula is C21H20Cl2N2O5S. The van der Waals surface area contributed by atoms with E-state index < -0.39 is 22.0 Å². The summed E-state index contributed by atoms with van der Waals surface area (Å²) in [5, 5.41) is 0.876. The molecule has 0 unspecified atom stereocenters. The average molecular weight is 483 g/mol. The van der Waals surface area contributed by atoms with Gasteiger partial charge in [0.15, 0.2) is 0 Å². The minimum absolute atomic E-state index is 0.140. The van der Waals surface area contributed by atoms with Gasteiger partial charge in [0.2, 0.25) is 5.79 Å². The Morgan fingerprint density at radius 1 is 1.26 bits per heavy atom. The van der Waals surface area contributed by atoms with Crippen molar-refractivity contribution in [3.8, 4) is 0 Å². The summed E-state index contributed by atoms with van der Waals surface area (Å²) in [5.41, 5.74) is 1.93. The van der Waals surface area contributed by atoms with Gasteiger partial charge in [0.25, 0.3) is 10.1 Å². The van der Waals surface area contributed by atoms with Crippen LogP contribution in [0.5, 0.6) is 0 Å². The maximum Gasteiger partial charge on any atom is 0.294 e. The lowest BCUT2D eigenvalue weighted by Gasteiger charge is -2.30. The molecule has 164 valence electrons. The van der Waals surface area contributed by atoms with Crippen LogP contribution < -0.4 is 0 Å². The van der Waals surface area contributed by atoms with Crippen LogP contribution in [0, 0.1) is 6.92 Å². The molecule has 4 rings (SSSR count). The fourth-order valence-electron chi connectivity index (χ4n) is 3.76. The van der Waals surface area contributed by atoms with Crippen molar-refractivity contribution in [3.63, 3.8) is 0 Å². The van der Waals surface area contributed by atoms with Gasteiger partial charge in [-0.05, 0) is 30.7 Å². The summed E-state index contributed by atoms with van der Waals surface area (Å²) in [5.74, 6) is -1.21. The second-order valence-corrected chi connectivity index (χ2v) is 9.69. The molecular weight excluding hydrogens is 463 g/mol. The molecule has 1 fully saturated rings. The van der Waals surface area contributed by atoms with Gasteiger partial charge in [-0.2, -0.15) is 8.42 Å².